The maximum absolute atomic E-state index is 13.2. The minimum atomic E-state index is -3.88. The van der Waals surface area contributed by atoms with Crippen molar-refractivity contribution in [3.8, 4) is 0 Å². The minimum absolute atomic E-state index is 0.0699. The third-order valence-corrected chi connectivity index (χ3v) is 5.62. The number of hydrogen-bond acceptors (Lipinski definition) is 3. The first-order valence-electron chi connectivity index (χ1n) is 7.75. The van der Waals surface area contributed by atoms with Crippen LogP contribution in [0.5, 0.6) is 0 Å². The van der Waals surface area contributed by atoms with Crippen LogP contribution in [0.1, 0.15) is 19.3 Å². The Morgan fingerprint density at radius 2 is 1.80 bits per heavy atom. The number of nitrogens with one attached hydrogen (secondary N) is 1. The summed E-state index contributed by atoms with van der Waals surface area (Å²) in [6.07, 6.45) is 2.37. The van der Waals surface area contributed by atoms with Gasteiger partial charge in [-0.3, -0.25) is 9.52 Å². The van der Waals surface area contributed by atoms with Gasteiger partial charge in [0, 0.05) is 24.3 Å². The lowest BCUT2D eigenvalue weighted by Crippen LogP contribution is -2.35. The highest BCUT2D eigenvalue weighted by molar-refractivity contribution is 7.92. The summed E-state index contributed by atoms with van der Waals surface area (Å²) in [5.41, 5.74) is 1.08. The Hall–Kier alpha value is -2.12. The van der Waals surface area contributed by atoms with E-state index in [2.05, 4.69) is 4.72 Å². The molecule has 3 rings (SSSR count). The lowest BCUT2D eigenvalue weighted by molar-refractivity contribution is -0.119. The van der Waals surface area contributed by atoms with Gasteiger partial charge in [0.25, 0.3) is 10.0 Å². The average molecular weight is 383 g/mol. The normalized spacial score (nSPS) is 15.3. The zero-order valence-electron chi connectivity index (χ0n) is 13.2. The van der Waals surface area contributed by atoms with Crippen LogP contribution in [-0.2, 0) is 14.8 Å². The molecule has 0 radical (unpaired) electrons. The highest BCUT2D eigenvalue weighted by Crippen LogP contribution is 2.25. The molecule has 132 valence electrons. The Morgan fingerprint density at radius 3 is 2.44 bits per heavy atom. The van der Waals surface area contributed by atoms with Crippen molar-refractivity contribution in [3.05, 3.63) is 53.3 Å². The first kappa shape index (κ1) is 17.7. The van der Waals surface area contributed by atoms with E-state index in [0.717, 1.165) is 36.7 Å². The number of carbonyl (C=O) groups excluding carboxylic acids is 1. The molecule has 0 aliphatic carbocycles. The molecule has 0 saturated carbocycles. The fraction of sp³-hybridized carbons (Fsp3) is 0.235. The average Bonchev–Trinajstić information content (AvgIpc) is 2.58. The Kier molecular flexibility index (Phi) is 4.96. The van der Waals surface area contributed by atoms with E-state index in [0.29, 0.717) is 18.7 Å². The second kappa shape index (κ2) is 7.01. The van der Waals surface area contributed by atoms with Gasteiger partial charge in [0.15, 0.2) is 0 Å². The largest absolute Gasteiger partial charge is 0.312 e. The van der Waals surface area contributed by atoms with E-state index in [9.17, 15) is 17.6 Å². The van der Waals surface area contributed by atoms with Gasteiger partial charge in [-0.2, -0.15) is 0 Å². The highest BCUT2D eigenvalue weighted by Gasteiger charge is 2.20. The van der Waals surface area contributed by atoms with Gasteiger partial charge >= 0.3 is 0 Å². The molecule has 0 aromatic heterocycles. The zero-order chi connectivity index (χ0) is 18.0. The molecule has 1 saturated heterocycles. The van der Waals surface area contributed by atoms with Crippen LogP contribution < -0.4 is 9.62 Å². The van der Waals surface area contributed by atoms with Crippen LogP contribution in [0.4, 0.5) is 15.8 Å². The number of benzene rings is 2. The summed E-state index contributed by atoms with van der Waals surface area (Å²) in [6, 6.07) is 9.75. The molecule has 25 heavy (non-hydrogen) atoms. The van der Waals surface area contributed by atoms with E-state index in [4.69, 9.17) is 11.6 Å². The lowest BCUT2D eigenvalue weighted by Gasteiger charge is -2.26. The second-order valence-electron chi connectivity index (χ2n) is 5.73. The molecule has 0 atom stereocenters. The molecule has 2 aromatic rings. The first-order chi connectivity index (χ1) is 11.9. The molecule has 1 fully saturated rings. The van der Waals surface area contributed by atoms with Gasteiger partial charge in [0.05, 0.1) is 9.92 Å². The molecule has 8 heteroatoms. The van der Waals surface area contributed by atoms with Gasteiger partial charge in [-0.15, -0.1) is 0 Å². The number of carbonyl (C=O) groups is 1. The molecule has 1 heterocycles. The summed E-state index contributed by atoms with van der Waals surface area (Å²) in [5.74, 6) is -0.614. The van der Waals surface area contributed by atoms with Crippen molar-refractivity contribution in [3.63, 3.8) is 0 Å². The van der Waals surface area contributed by atoms with Crippen molar-refractivity contribution in [1.82, 2.24) is 0 Å². The van der Waals surface area contributed by atoms with Crippen LogP contribution in [0.15, 0.2) is 47.4 Å². The van der Waals surface area contributed by atoms with Crippen molar-refractivity contribution in [2.45, 2.75) is 24.2 Å². The minimum Gasteiger partial charge on any atom is -0.312 e. The Bertz CT molecular complexity index is 901. The molecule has 1 amide bonds. The maximum atomic E-state index is 13.2. The van der Waals surface area contributed by atoms with Crippen LogP contribution in [0.25, 0.3) is 0 Å². The first-order valence-corrected chi connectivity index (χ1v) is 9.61. The number of sulfonamides is 1. The molecule has 1 N–H and O–H groups in total. The van der Waals surface area contributed by atoms with Crippen LogP contribution in [0.3, 0.4) is 0 Å². The molecule has 0 bridgehead atoms. The van der Waals surface area contributed by atoms with E-state index in [1.54, 1.807) is 29.2 Å². The summed E-state index contributed by atoms with van der Waals surface area (Å²) in [6.45, 7) is 0.665. The molecular weight excluding hydrogens is 367 g/mol. The SMILES string of the molecule is O=C1CCCCN1c1ccc(NS(=O)(=O)c2ccc(F)c(Cl)c2)cc1. The van der Waals surface area contributed by atoms with Crippen molar-refractivity contribution >= 4 is 38.9 Å². The number of hydrogen-bond donors (Lipinski definition) is 1. The molecule has 0 spiro atoms. The van der Waals surface area contributed by atoms with Gasteiger partial charge in [0.2, 0.25) is 5.91 Å². The number of amides is 1. The number of nitrogens with zero attached hydrogens (tertiary/aromatic N) is 1. The summed E-state index contributed by atoms with van der Waals surface area (Å²) in [7, 11) is -3.88. The standard InChI is InChI=1S/C17H16ClFN2O3S/c18-15-11-14(8-9-16(15)19)25(23,24)20-12-4-6-13(7-5-12)21-10-2-1-3-17(21)22/h4-9,11,20H,1-3,10H2. The second-order valence-corrected chi connectivity index (χ2v) is 7.82. The third kappa shape index (κ3) is 3.93. The van der Waals surface area contributed by atoms with Crippen LogP contribution in [0, 0.1) is 5.82 Å². The fourth-order valence-electron chi connectivity index (χ4n) is 2.65. The molecule has 2 aromatic carbocycles. The Balaban J connectivity index is 1.78. The summed E-state index contributed by atoms with van der Waals surface area (Å²) in [5, 5.41) is -0.262. The summed E-state index contributed by atoms with van der Waals surface area (Å²) >= 11 is 5.64. The molecule has 1 aliphatic heterocycles. The van der Waals surface area contributed by atoms with Gasteiger partial charge in [0.1, 0.15) is 5.82 Å². The summed E-state index contributed by atoms with van der Waals surface area (Å²) < 4.78 is 40.3. The van der Waals surface area contributed by atoms with E-state index in [-0.39, 0.29) is 15.8 Å². The smallest absolute Gasteiger partial charge is 0.261 e. The van der Waals surface area contributed by atoms with Crippen molar-refractivity contribution in [1.29, 1.82) is 0 Å². The maximum Gasteiger partial charge on any atom is 0.261 e. The van der Waals surface area contributed by atoms with E-state index >= 15 is 0 Å². The van der Waals surface area contributed by atoms with Crippen molar-refractivity contribution in [2.75, 3.05) is 16.2 Å². The summed E-state index contributed by atoms with van der Waals surface area (Å²) in [4.78, 5) is 13.5. The number of piperidine rings is 1. The van der Waals surface area contributed by atoms with Gasteiger partial charge in [-0.05, 0) is 55.3 Å². The van der Waals surface area contributed by atoms with Gasteiger partial charge in [-0.1, -0.05) is 11.6 Å². The van der Waals surface area contributed by atoms with Crippen molar-refractivity contribution in [2.24, 2.45) is 0 Å². The van der Waals surface area contributed by atoms with Gasteiger partial charge < -0.3 is 4.90 Å². The molecular formula is C17H16ClFN2O3S. The molecule has 5 nitrogen and oxygen atoms in total. The van der Waals surface area contributed by atoms with Crippen LogP contribution in [-0.4, -0.2) is 20.9 Å². The number of halogens is 2. The molecule has 0 unspecified atom stereocenters. The van der Waals surface area contributed by atoms with Crippen molar-refractivity contribution < 1.29 is 17.6 Å². The zero-order valence-corrected chi connectivity index (χ0v) is 14.8. The lowest BCUT2D eigenvalue weighted by atomic mass is 10.1. The van der Waals surface area contributed by atoms with Crippen LogP contribution >= 0.6 is 11.6 Å². The van der Waals surface area contributed by atoms with E-state index in [1.807, 2.05) is 0 Å². The monoisotopic (exact) mass is 382 g/mol. The fourth-order valence-corrected chi connectivity index (χ4v) is 3.98. The van der Waals surface area contributed by atoms with Crippen LogP contribution in [0.2, 0.25) is 5.02 Å². The highest BCUT2D eigenvalue weighted by atomic mass is 35.5. The molecule has 1 aliphatic rings. The topological polar surface area (TPSA) is 66.5 Å². The number of anilines is 2. The van der Waals surface area contributed by atoms with E-state index < -0.39 is 15.8 Å². The predicted molar refractivity (Wildman–Crippen MR) is 94.9 cm³/mol. The van der Waals surface area contributed by atoms with Gasteiger partial charge in [-0.25, -0.2) is 12.8 Å². The Labute approximate surface area is 150 Å². The Morgan fingerprint density at radius 1 is 1.08 bits per heavy atom. The number of rotatable bonds is 4. The predicted octanol–water partition coefficient (Wildman–Crippen LogP) is 3.80. The quantitative estimate of drug-likeness (QED) is 0.874. The van der Waals surface area contributed by atoms with E-state index in [1.165, 1.54) is 0 Å². The third-order valence-electron chi connectivity index (χ3n) is 3.96.